The number of halogens is 1. The van der Waals surface area contributed by atoms with E-state index in [1.807, 2.05) is 49.9 Å². The van der Waals surface area contributed by atoms with Crippen molar-refractivity contribution < 1.29 is 9.59 Å². The van der Waals surface area contributed by atoms with Crippen molar-refractivity contribution in [3.8, 4) is 5.69 Å². The summed E-state index contributed by atoms with van der Waals surface area (Å²) in [6, 6.07) is 7.75. The molecule has 0 aliphatic carbocycles. The average Bonchev–Trinajstić information content (AvgIpc) is 3.54. The minimum Gasteiger partial charge on any atom is -0.342 e. The van der Waals surface area contributed by atoms with Crippen LogP contribution >= 0.6 is 23.4 Å². The molecule has 1 fully saturated rings. The van der Waals surface area contributed by atoms with Crippen LogP contribution in [0.4, 0.5) is 0 Å². The number of aryl methyl sites for hydroxylation is 1. The van der Waals surface area contributed by atoms with Crippen LogP contribution in [-0.4, -0.2) is 55.4 Å². The third kappa shape index (κ3) is 4.23. The topological polar surface area (TPSA) is 94.1 Å². The first-order valence-corrected chi connectivity index (χ1v) is 12.7. The number of rotatable bonds is 4. The van der Waals surface area contributed by atoms with Crippen LogP contribution in [0.3, 0.4) is 0 Å². The fourth-order valence-electron chi connectivity index (χ4n) is 4.61. The highest BCUT2D eigenvalue weighted by atomic mass is 35.5. The number of nitrogens with zero attached hydrogens (tertiary/aromatic N) is 5. The Labute approximate surface area is 212 Å². The van der Waals surface area contributed by atoms with Crippen molar-refractivity contribution in [1.82, 2.24) is 14.5 Å². The summed E-state index contributed by atoms with van der Waals surface area (Å²) in [4.78, 5) is 31.4. The zero-order chi connectivity index (χ0) is 24.9. The second-order valence-electron chi connectivity index (χ2n) is 8.82. The highest BCUT2D eigenvalue weighted by Gasteiger charge is 2.36. The number of hydrogen-bond donors (Lipinski definition) is 1. The number of benzene rings is 1. The average molecular weight is 509 g/mol. The van der Waals surface area contributed by atoms with Gasteiger partial charge in [0.15, 0.2) is 5.84 Å². The van der Waals surface area contributed by atoms with Crippen molar-refractivity contribution in [2.24, 2.45) is 10.1 Å². The van der Waals surface area contributed by atoms with Gasteiger partial charge in [0.25, 0.3) is 5.91 Å². The summed E-state index contributed by atoms with van der Waals surface area (Å²) in [7, 11) is 0. The summed E-state index contributed by atoms with van der Waals surface area (Å²) >= 11 is 7.52. The van der Waals surface area contributed by atoms with Gasteiger partial charge in [-0.3, -0.25) is 15.0 Å². The molecule has 1 aromatic carbocycles. The number of carbonyl (C=O) groups excluding carboxylic acids is 2. The van der Waals surface area contributed by atoms with Crippen LogP contribution in [0.15, 0.2) is 39.9 Å². The SMILES string of the molecule is Cc1c(Cl)cccc1-n1c(C)cc(/C=C2/C(=N)N3N=C(CC(=O)N4CCCC4)SC3=NC2=O)c1C. The van der Waals surface area contributed by atoms with Crippen LogP contribution in [0.1, 0.15) is 41.8 Å². The first kappa shape index (κ1) is 23.6. The smallest absolute Gasteiger partial charge is 0.283 e. The quantitative estimate of drug-likeness (QED) is 0.606. The van der Waals surface area contributed by atoms with Gasteiger partial charge in [0.1, 0.15) is 5.04 Å². The fourth-order valence-corrected chi connectivity index (χ4v) is 5.65. The first-order valence-electron chi connectivity index (χ1n) is 11.5. The van der Waals surface area contributed by atoms with Crippen molar-refractivity contribution in [2.75, 3.05) is 13.1 Å². The van der Waals surface area contributed by atoms with Gasteiger partial charge in [0.2, 0.25) is 11.1 Å². The Balaban J connectivity index is 1.43. The Kier molecular flexibility index (Phi) is 6.14. The second kappa shape index (κ2) is 9.13. The van der Waals surface area contributed by atoms with Crippen LogP contribution in [0, 0.1) is 26.2 Å². The third-order valence-corrected chi connectivity index (χ3v) is 7.83. The number of amidine groups is 2. The zero-order valence-electron chi connectivity index (χ0n) is 19.8. The minimum atomic E-state index is -0.486. The van der Waals surface area contributed by atoms with Gasteiger partial charge in [0.05, 0.1) is 12.0 Å². The molecule has 5 rings (SSSR count). The van der Waals surface area contributed by atoms with Gasteiger partial charge in [-0.05, 0) is 80.8 Å². The van der Waals surface area contributed by atoms with E-state index in [0.29, 0.717) is 15.2 Å². The highest BCUT2D eigenvalue weighted by Crippen LogP contribution is 2.32. The van der Waals surface area contributed by atoms with Crippen LogP contribution in [-0.2, 0) is 9.59 Å². The fraction of sp³-hybridized carbons (Fsp3) is 0.320. The second-order valence-corrected chi connectivity index (χ2v) is 10.3. The molecule has 10 heteroatoms. The molecule has 0 saturated carbocycles. The lowest BCUT2D eigenvalue weighted by atomic mass is 10.1. The number of thioether (sulfide) groups is 1. The number of fused-ring (bicyclic) bond motifs is 1. The molecule has 0 spiro atoms. The van der Waals surface area contributed by atoms with E-state index in [1.54, 1.807) is 6.08 Å². The van der Waals surface area contributed by atoms with E-state index in [1.165, 1.54) is 16.8 Å². The summed E-state index contributed by atoms with van der Waals surface area (Å²) in [5.41, 5.74) is 4.81. The van der Waals surface area contributed by atoms with Crippen molar-refractivity contribution in [1.29, 1.82) is 5.41 Å². The Morgan fingerprint density at radius 3 is 2.71 bits per heavy atom. The van der Waals surface area contributed by atoms with Gasteiger partial charge in [0, 0.05) is 35.2 Å². The normalized spacial score (nSPS) is 18.9. The number of hydrazone groups is 1. The van der Waals surface area contributed by atoms with E-state index in [0.717, 1.165) is 54.1 Å². The van der Waals surface area contributed by atoms with Crippen LogP contribution in [0.5, 0.6) is 0 Å². The molecule has 4 heterocycles. The molecule has 35 heavy (non-hydrogen) atoms. The molecular weight excluding hydrogens is 484 g/mol. The summed E-state index contributed by atoms with van der Waals surface area (Å²) in [6.07, 6.45) is 3.89. The first-order chi connectivity index (χ1) is 16.7. The van der Waals surface area contributed by atoms with Gasteiger partial charge < -0.3 is 9.47 Å². The van der Waals surface area contributed by atoms with Gasteiger partial charge in [-0.15, -0.1) is 0 Å². The van der Waals surface area contributed by atoms with Crippen LogP contribution in [0.25, 0.3) is 11.8 Å². The molecule has 3 aliphatic rings. The van der Waals surface area contributed by atoms with E-state index >= 15 is 0 Å². The maximum Gasteiger partial charge on any atom is 0.283 e. The number of carbonyl (C=O) groups is 2. The number of likely N-dealkylation sites (tertiary alicyclic amines) is 1. The number of aromatic nitrogens is 1. The number of amides is 2. The van der Waals surface area contributed by atoms with Crippen molar-refractivity contribution in [3.05, 3.63) is 57.4 Å². The summed E-state index contributed by atoms with van der Waals surface area (Å²) in [6.45, 7) is 7.48. The molecule has 2 aromatic rings. The van der Waals surface area contributed by atoms with Gasteiger partial charge in [-0.2, -0.15) is 15.1 Å². The third-order valence-electron chi connectivity index (χ3n) is 6.51. The molecule has 0 radical (unpaired) electrons. The van der Waals surface area contributed by atoms with Crippen molar-refractivity contribution in [3.63, 3.8) is 0 Å². The molecule has 0 atom stereocenters. The summed E-state index contributed by atoms with van der Waals surface area (Å²) in [5.74, 6) is -0.508. The summed E-state index contributed by atoms with van der Waals surface area (Å²) < 4.78 is 2.09. The minimum absolute atomic E-state index is 0.0200. The van der Waals surface area contributed by atoms with Gasteiger partial charge in [-0.25, -0.2) is 0 Å². The Hall–Kier alpha value is -3.17. The molecule has 2 amide bonds. The lowest BCUT2D eigenvalue weighted by Gasteiger charge is -2.20. The Bertz CT molecular complexity index is 1370. The largest absolute Gasteiger partial charge is 0.342 e. The molecule has 8 nitrogen and oxygen atoms in total. The molecule has 180 valence electrons. The molecular formula is C25H25ClN6O2S. The molecule has 1 saturated heterocycles. The molecule has 0 unspecified atom stereocenters. The highest BCUT2D eigenvalue weighted by molar-refractivity contribution is 8.27. The van der Waals surface area contributed by atoms with E-state index in [-0.39, 0.29) is 23.7 Å². The lowest BCUT2D eigenvalue weighted by molar-refractivity contribution is -0.128. The number of nitrogens with one attached hydrogen (secondary N) is 1. The van der Waals surface area contributed by atoms with Crippen LogP contribution < -0.4 is 0 Å². The van der Waals surface area contributed by atoms with Crippen molar-refractivity contribution in [2.45, 2.75) is 40.0 Å². The van der Waals surface area contributed by atoms with E-state index in [2.05, 4.69) is 14.7 Å². The van der Waals surface area contributed by atoms with E-state index < -0.39 is 5.91 Å². The predicted octanol–water partition coefficient (Wildman–Crippen LogP) is 4.69. The maximum atomic E-state index is 12.9. The molecule has 3 aliphatic heterocycles. The maximum absolute atomic E-state index is 12.9. The molecule has 1 N–H and O–H groups in total. The lowest BCUT2D eigenvalue weighted by Crippen LogP contribution is -2.35. The standard InChI is InChI=1S/C25H25ClN6O2S/c1-14-11-17(16(3)31(14)20-8-6-7-19(26)15(20)2)12-18-23(27)32-25(28-24(18)34)35-21(29-32)13-22(33)30-9-4-5-10-30/h6-8,11-12,27H,4-5,9-10,13H2,1-3H3/b18-12-,27-23?. The Morgan fingerprint density at radius 2 is 1.97 bits per heavy atom. The van der Waals surface area contributed by atoms with E-state index in [4.69, 9.17) is 17.0 Å². The monoisotopic (exact) mass is 508 g/mol. The van der Waals surface area contributed by atoms with Gasteiger partial charge >= 0.3 is 0 Å². The zero-order valence-corrected chi connectivity index (χ0v) is 21.3. The van der Waals surface area contributed by atoms with Crippen molar-refractivity contribution >= 4 is 57.3 Å². The number of hydrogen-bond acceptors (Lipinski definition) is 5. The molecule has 1 aromatic heterocycles. The predicted molar refractivity (Wildman–Crippen MR) is 140 cm³/mol. The number of aliphatic imine (C=N–C) groups is 1. The Morgan fingerprint density at radius 1 is 1.23 bits per heavy atom. The van der Waals surface area contributed by atoms with Gasteiger partial charge in [-0.1, -0.05) is 17.7 Å². The van der Waals surface area contributed by atoms with Crippen LogP contribution in [0.2, 0.25) is 5.02 Å². The summed E-state index contributed by atoms with van der Waals surface area (Å²) in [5, 5.41) is 16.0. The molecule has 0 bridgehead atoms. The van der Waals surface area contributed by atoms with E-state index in [9.17, 15) is 9.59 Å².